The molecule has 1 aliphatic heterocycles. The molecule has 1 fully saturated rings. The highest BCUT2D eigenvalue weighted by atomic mass is 32.2. The Morgan fingerprint density at radius 2 is 2.26 bits per heavy atom. The van der Waals surface area contributed by atoms with Crippen molar-refractivity contribution in [3.63, 3.8) is 0 Å². The molecule has 2 rings (SSSR count). The van der Waals surface area contributed by atoms with Crippen LogP contribution >= 0.6 is 11.3 Å². The van der Waals surface area contributed by atoms with Crippen LogP contribution in [0.15, 0.2) is 21.7 Å². The fourth-order valence-corrected chi connectivity index (χ4v) is 5.45. The third-order valence-electron chi connectivity index (χ3n) is 4.10. The molecular weight excluding hydrogens is 332 g/mol. The average molecular weight is 359 g/mol. The van der Waals surface area contributed by atoms with Gasteiger partial charge in [-0.05, 0) is 43.0 Å². The van der Waals surface area contributed by atoms with Crippen molar-refractivity contribution in [1.29, 1.82) is 0 Å². The first kappa shape index (κ1) is 18.4. The van der Waals surface area contributed by atoms with Crippen LogP contribution in [0.3, 0.4) is 0 Å². The van der Waals surface area contributed by atoms with Gasteiger partial charge in [-0.15, -0.1) is 11.3 Å². The maximum absolute atomic E-state index is 12.6. The van der Waals surface area contributed by atoms with E-state index < -0.39 is 10.0 Å². The number of carbonyl (C=O) groups excluding carboxylic acids is 1. The maximum atomic E-state index is 12.6. The minimum absolute atomic E-state index is 0.0140. The minimum Gasteiger partial charge on any atom is -0.356 e. The number of rotatable bonds is 7. The van der Waals surface area contributed by atoms with Crippen LogP contribution in [0.25, 0.3) is 0 Å². The van der Waals surface area contributed by atoms with Gasteiger partial charge in [0.2, 0.25) is 5.91 Å². The molecule has 23 heavy (non-hydrogen) atoms. The molecule has 1 aromatic heterocycles. The second kappa shape index (κ2) is 8.26. The van der Waals surface area contributed by atoms with E-state index in [4.69, 9.17) is 0 Å². The number of amides is 1. The third-order valence-corrected chi connectivity index (χ3v) is 7.34. The molecule has 1 aromatic rings. The lowest BCUT2D eigenvalue weighted by Crippen LogP contribution is -2.45. The Balaban J connectivity index is 1.89. The molecular formula is C16H26N2O3S2. The van der Waals surface area contributed by atoms with Gasteiger partial charge in [0, 0.05) is 19.6 Å². The summed E-state index contributed by atoms with van der Waals surface area (Å²) in [5, 5.41) is 4.72. The van der Waals surface area contributed by atoms with Gasteiger partial charge in [0.05, 0.1) is 5.92 Å². The number of hydrogen-bond donors (Lipinski definition) is 1. The van der Waals surface area contributed by atoms with Crippen LogP contribution in [0, 0.1) is 11.8 Å². The van der Waals surface area contributed by atoms with Crippen LogP contribution in [-0.2, 0) is 14.8 Å². The number of thiophene rings is 1. The number of piperidine rings is 1. The topological polar surface area (TPSA) is 66.5 Å². The highest BCUT2D eigenvalue weighted by Crippen LogP contribution is 2.26. The fourth-order valence-electron chi connectivity index (χ4n) is 2.78. The van der Waals surface area contributed by atoms with E-state index in [9.17, 15) is 13.2 Å². The van der Waals surface area contributed by atoms with Crippen LogP contribution in [0.2, 0.25) is 0 Å². The lowest BCUT2D eigenvalue weighted by Gasteiger charge is -2.30. The molecule has 1 amide bonds. The Labute approximate surface area is 143 Å². The summed E-state index contributed by atoms with van der Waals surface area (Å²) in [6, 6.07) is 3.36. The summed E-state index contributed by atoms with van der Waals surface area (Å²) in [6.45, 7) is 5.78. The summed E-state index contributed by atoms with van der Waals surface area (Å²) in [5.74, 6) is 0.380. The lowest BCUT2D eigenvalue weighted by atomic mass is 9.98. The predicted octanol–water partition coefficient (Wildman–Crippen LogP) is 2.70. The largest absolute Gasteiger partial charge is 0.356 e. The molecule has 2 heterocycles. The standard InChI is InChI=1S/C16H26N2O3S2/c1-13(2)6-3-9-17-16(19)14-7-4-10-18(12-14)23(20,21)15-8-5-11-22-15/h5,8,11,13-14H,3-4,6-7,9-10,12H2,1-2H3,(H,17,19). The van der Waals surface area contributed by atoms with Crippen molar-refractivity contribution in [1.82, 2.24) is 9.62 Å². The molecule has 1 atom stereocenters. The van der Waals surface area contributed by atoms with E-state index in [0.717, 1.165) is 25.7 Å². The Morgan fingerprint density at radius 3 is 2.91 bits per heavy atom. The van der Waals surface area contributed by atoms with Crippen molar-refractivity contribution in [2.45, 2.75) is 43.7 Å². The van der Waals surface area contributed by atoms with E-state index in [1.165, 1.54) is 15.6 Å². The van der Waals surface area contributed by atoms with Gasteiger partial charge in [-0.25, -0.2) is 8.42 Å². The quantitative estimate of drug-likeness (QED) is 0.762. The van der Waals surface area contributed by atoms with Gasteiger partial charge in [-0.1, -0.05) is 19.9 Å². The zero-order valence-electron chi connectivity index (χ0n) is 13.8. The molecule has 0 radical (unpaired) electrons. The van der Waals surface area contributed by atoms with Crippen molar-refractivity contribution in [3.8, 4) is 0 Å². The fraction of sp³-hybridized carbons (Fsp3) is 0.688. The number of carbonyl (C=O) groups is 1. The Morgan fingerprint density at radius 1 is 1.48 bits per heavy atom. The summed E-state index contributed by atoms with van der Waals surface area (Å²) < 4.78 is 26.9. The van der Waals surface area contributed by atoms with Gasteiger partial charge < -0.3 is 5.32 Å². The normalized spacial score (nSPS) is 19.9. The first-order valence-electron chi connectivity index (χ1n) is 8.22. The third kappa shape index (κ3) is 5.02. The molecule has 1 saturated heterocycles. The number of nitrogens with zero attached hydrogens (tertiary/aromatic N) is 1. The predicted molar refractivity (Wildman–Crippen MR) is 92.9 cm³/mol. The average Bonchev–Trinajstić information content (AvgIpc) is 3.06. The van der Waals surface area contributed by atoms with Crippen molar-refractivity contribution < 1.29 is 13.2 Å². The van der Waals surface area contributed by atoms with Gasteiger partial charge in [-0.2, -0.15) is 4.31 Å². The van der Waals surface area contributed by atoms with E-state index >= 15 is 0 Å². The van der Waals surface area contributed by atoms with Crippen LogP contribution < -0.4 is 5.32 Å². The SMILES string of the molecule is CC(C)CCCNC(=O)C1CCCN(S(=O)(=O)c2cccs2)C1. The van der Waals surface area contributed by atoms with Crippen LogP contribution in [0.1, 0.15) is 39.5 Å². The van der Waals surface area contributed by atoms with Crippen molar-refractivity contribution >= 4 is 27.3 Å². The van der Waals surface area contributed by atoms with E-state index in [-0.39, 0.29) is 18.4 Å². The smallest absolute Gasteiger partial charge is 0.252 e. The van der Waals surface area contributed by atoms with Crippen molar-refractivity contribution in [3.05, 3.63) is 17.5 Å². The summed E-state index contributed by atoms with van der Waals surface area (Å²) in [5.41, 5.74) is 0. The van der Waals surface area contributed by atoms with Crippen molar-refractivity contribution in [2.75, 3.05) is 19.6 Å². The monoisotopic (exact) mass is 358 g/mol. The summed E-state index contributed by atoms with van der Waals surface area (Å²) in [6.07, 6.45) is 3.54. The maximum Gasteiger partial charge on any atom is 0.252 e. The van der Waals surface area contributed by atoms with Gasteiger partial charge >= 0.3 is 0 Å². The molecule has 0 bridgehead atoms. The number of hydrogen-bond acceptors (Lipinski definition) is 4. The molecule has 1 N–H and O–H groups in total. The minimum atomic E-state index is -3.45. The molecule has 7 heteroatoms. The number of nitrogens with one attached hydrogen (secondary N) is 1. The molecule has 130 valence electrons. The molecule has 5 nitrogen and oxygen atoms in total. The van der Waals surface area contributed by atoms with Gasteiger partial charge in [0.1, 0.15) is 4.21 Å². The summed E-state index contributed by atoms with van der Waals surface area (Å²) in [4.78, 5) is 12.3. The van der Waals surface area contributed by atoms with E-state index in [2.05, 4.69) is 19.2 Å². The molecule has 1 unspecified atom stereocenters. The second-order valence-electron chi connectivity index (χ2n) is 6.46. The first-order valence-corrected chi connectivity index (χ1v) is 10.5. The zero-order chi connectivity index (χ0) is 16.9. The molecule has 0 saturated carbocycles. The second-order valence-corrected chi connectivity index (χ2v) is 9.57. The van der Waals surface area contributed by atoms with Gasteiger partial charge in [0.25, 0.3) is 10.0 Å². The zero-order valence-corrected chi connectivity index (χ0v) is 15.5. The highest BCUT2D eigenvalue weighted by molar-refractivity contribution is 7.91. The molecule has 0 aromatic carbocycles. The van der Waals surface area contributed by atoms with Crippen LogP contribution in [0.5, 0.6) is 0 Å². The van der Waals surface area contributed by atoms with Gasteiger partial charge in [-0.3, -0.25) is 4.79 Å². The van der Waals surface area contributed by atoms with Crippen molar-refractivity contribution in [2.24, 2.45) is 11.8 Å². The Kier molecular flexibility index (Phi) is 6.61. The Hall–Kier alpha value is -0.920. The highest BCUT2D eigenvalue weighted by Gasteiger charge is 2.33. The summed E-state index contributed by atoms with van der Waals surface area (Å²) >= 11 is 1.22. The van der Waals surface area contributed by atoms with Crippen LogP contribution in [-0.4, -0.2) is 38.3 Å². The number of sulfonamides is 1. The lowest BCUT2D eigenvalue weighted by molar-refractivity contribution is -0.126. The van der Waals surface area contributed by atoms with E-state index in [1.54, 1.807) is 17.5 Å². The molecule has 1 aliphatic rings. The summed E-state index contributed by atoms with van der Waals surface area (Å²) in [7, 11) is -3.45. The molecule has 0 aliphatic carbocycles. The van der Waals surface area contributed by atoms with E-state index in [0.29, 0.717) is 23.2 Å². The first-order chi connectivity index (χ1) is 10.9. The van der Waals surface area contributed by atoms with E-state index in [1.807, 2.05) is 0 Å². The Bertz CT molecular complexity index is 597. The molecule has 0 spiro atoms. The van der Waals surface area contributed by atoms with Crippen LogP contribution in [0.4, 0.5) is 0 Å². The van der Waals surface area contributed by atoms with Gasteiger partial charge in [0.15, 0.2) is 0 Å².